The molecule has 3 atom stereocenters. The number of carbonyl (C=O) groups is 1. The number of nitrogens with two attached hydrogens (primary N) is 1. The third-order valence-corrected chi connectivity index (χ3v) is 4.16. The molecule has 1 aliphatic rings. The molecule has 134 valence electrons. The van der Waals surface area contributed by atoms with E-state index in [2.05, 4.69) is 4.98 Å². The van der Waals surface area contributed by atoms with E-state index in [0.29, 0.717) is 25.4 Å². The van der Waals surface area contributed by atoms with Gasteiger partial charge >= 0.3 is 0 Å². The van der Waals surface area contributed by atoms with Gasteiger partial charge in [0.25, 0.3) is 5.91 Å². The largest absolute Gasteiger partial charge is 0.508 e. The maximum atomic E-state index is 12.6. The number of hydrogen-bond acceptors (Lipinski definition) is 6. The lowest BCUT2D eigenvalue weighted by Gasteiger charge is -2.34. The molecule has 1 aromatic heterocycles. The van der Waals surface area contributed by atoms with Gasteiger partial charge in [-0.1, -0.05) is 12.1 Å². The highest BCUT2D eigenvalue weighted by atomic mass is 16.5. The van der Waals surface area contributed by atoms with E-state index in [4.69, 9.17) is 14.9 Å². The SMILES string of the molecule is CC1CN(C(=O)c2coc(C(N)Cc3ccc(O)cc3)n2)CC(C)O1. The number of ether oxygens (including phenoxy) is 1. The fourth-order valence-corrected chi connectivity index (χ4v) is 3.04. The van der Waals surface area contributed by atoms with Crippen LogP contribution >= 0.6 is 0 Å². The summed E-state index contributed by atoms with van der Waals surface area (Å²) in [5.74, 6) is 0.356. The molecule has 3 N–H and O–H groups in total. The molecule has 1 saturated heterocycles. The van der Waals surface area contributed by atoms with Crippen molar-refractivity contribution in [1.29, 1.82) is 0 Å². The van der Waals surface area contributed by atoms with Crippen LogP contribution in [0.15, 0.2) is 34.9 Å². The number of phenolic OH excluding ortho intramolecular Hbond substituents is 1. The van der Waals surface area contributed by atoms with Crippen molar-refractivity contribution in [3.8, 4) is 5.75 Å². The van der Waals surface area contributed by atoms with Crippen LogP contribution in [0.4, 0.5) is 0 Å². The molecule has 1 aliphatic heterocycles. The topological polar surface area (TPSA) is 102 Å². The van der Waals surface area contributed by atoms with Gasteiger partial charge in [-0.2, -0.15) is 0 Å². The van der Waals surface area contributed by atoms with E-state index in [1.165, 1.54) is 6.26 Å². The van der Waals surface area contributed by atoms with Crippen LogP contribution in [0, 0.1) is 0 Å². The normalized spacial score (nSPS) is 22.0. The summed E-state index contributed by atoms with van der Waals surface area (Å²) in [5, 5.41) is 9.32. The molecular weight excluding hydrogens is 322 g/mol. The molecule has 0 aliphatic carbocycles. The second-order valence-corrected chi connectivity index (χ2v) is 6.52. The zero-order valence-corrected chi connectivity index (χ0v) is 14.4. The van der Waals surface area contributed by atoms with E-state index >= 15 is 0 Å². The second-order valence-electron chi connectivity index (χ2n) is 6.52. The fraction of sp³-hybridized carbons (Fsp3) is 0.444. The monoisotopic (exact) mass is 345 g/mol. The lowest BCUT2D eigenvalue weighted by Crippen LogP contribution is -2.48. The van der Waals surface area contributed by atoms with Gasteiger partial charge in [0.2, 0.25) is 5.89 Å². The highest BCUT2D eigenvalue weighted by molar-refractivity contribution is 5.92. The standard InChI is InChI=1S/C18H23N3O4/c1-11-8-21(9-12(2)25-11)18(23)16-10-24-17(20-16)15(19)7-13-3-5-14(22)6-4-13/h3-6,10-12,15,22H,7-9,19H2,1-2H3. The van der Waals surface area contributed by atoms with E-state index in [0.717, 1.165) is 5.56 Å². The highest BCUT2D eigenvalue weighted by Crippen LogP contribution is 2.19. The molecule has 2 heterocycles. The van der Waals surface area contributed by atoms with Gasteiger partial charge in [0, 0.05) is 13.1 Å². The van der Waals surface area contributed by atoms with Crippen LogP contribution in [0.25, 0.3) is 0 Å². The highest BCUT2D eigenvalue weighted by Gasteiger charge is 2.28. The maximum absolute atomic E-state index is 12.6. The number of aromatic nitrogens is 1. The van der Waals surface area contributed by atoms with Crippen molar-refractivity contribution in [3.63, 3.8) is 0 Å². The first-order valence-electron chi connectivity index (χ1n) is 8.36. The minimum Gasteiger partial charge on any atom is -0.508 e. The molecule has 1 fully saturated rings. The van der Waals surface area contributed by atoms with Crippen LogP contribution in [0.3, 0.4) is 0 Å². The van der Waals surface area contributed by atoms with Crippen LogP contribution in [0.2, 0.25) is 0 Å². The first-order chi connectivity index (χ1) is 11.9. The molecule has 0 radical (unpaired) electrons. The van der Waals surface area contributed by atoms with E-state index in [1.54, 1.807) is 29.2 Å². The molecule has 3 rings (SSSR count). The summed E-state index contributed by atoms with van der Waals surface area (Å²) in [6, 6.07) is 6.33. The molecule has 25 heavy (non-hydrogen) atoms. The number of oxazole rings is 1. The van der Waals surface area contributed by atoms with Crippen molar-refractivity contribution in [1.82, 2.24) is 9.88 Å². The summed E-state index contributed by atoms with van der Waals surface area (Å²) in [6.45, 7) is 4.95. The number of amides is 1. The molecule has 1 aromatic carbocycles. The van der Waals surface area contributed by atoms with Gasteiger partial charge in [0.05, 0.1) is 18.2 Å². The van der Waals surface area contributed by atoms with Gasteiger partial charge < -0.3 is 24.9 Å². The Bertz CT molecular complexity index is 718. The van der Waals surface area contributed by atoms with E-state index in [1.807, 2.05) is 13.8 Å². The number of benzene rings is 1. The van der Waals surface area contributed by atoms with Gasteiger partial charge in [0.15, 0.2) is 5.69 Å². The molecule has 7 heteroatoms. The first kappa shape index (κ1) is 17.4. The van der Waals surface area contributed by atoms with Crippen LogP contribution < -0.4 is 5.73 Å². The van der Waals surface area contributed by atoms with Crippen LogP contribution in [0.1, 0.15) is 41.8 Å². The van der Waals surface area contributed by atoms with E-state index in [9.17, 15) is 9.90 Å². The van der Waals surface area contributed by atoms with E-state index in [-0.39, 0.29) is 29.6 Å². The predicted octanol–water partition coefficient (Wildman–Crippen LogP) is 1.87. The Hall–Kier alpha value is -2.38. The number of phenols is 1. The van der Waals surface area contributed by atoms with Crippen molar-refractivity contribution in [3.05, 3.63) is 47.7 Å². The van der Waals surface area contributed by atoms with Crippen molar-refractivity contribution < 1.29 is 19.1 Å². The fourth-order valence-electron chi connectivity index (χ4n) is 3.04. The zero-order chi connectivity index (χ0) is 18.0. The zero-order valence-electron chi connectivity index (χ0n) is 14.4. The van der Waals surface area contributed by atoms with Crippen LogP contribution in [-0.2, 0) is 11.2 Å². The lowest BCUT2D eigenvalue weighted by molar-refractivity contribution is -0.0587. The number of morpholine rings is 1. The molecule has 7 nitrogen and oxygen atoms in total. The Kier molecular flexibility index (Phi) is 5.06. The van der Waals surface area contributed by atoms with Crippen molar-refractivity contribution in [2.75, 3.05) is 13.1 Å². The first-order valence-corrected chi connectivity index (χ1v) is 8.36. The van der Waals surface area contributed by atoms with Crippen LogP contribution in [-0.4, -0.2) is 46.2 Å². The number of carbonyl (C=O) groups excluding carboxylic acids is 1. The molecular formula is C18H23N3O4. The van der Waals surface area contributed by atoms with Crippen molar-refractivity contribution in [2.45, 2.75) is 38.5 Å². The summed E-state index contributed by atoms with van der Waals surface area (Å²) in [7, 11) is 0. The number of rotatable bonds is 4. The summed E-state index contributed by atoms with van der Waals surface area (Å²) in [5.41, 5.74) is 7.35. The average molecular weight is 345 g/mol. The van der Waals surface area contributed by atoms with Gasteiger partial charge in [-0.15, -0.1) is 0 Å². The summed E-state index contributed by atoms with van der Waals surface area (Å²) in [6.07, 6.45) is 1.85. The summed E-state index contributed by atoms with van der Waals surface area (Å²) in [4.78, 5) is 18.6. The summed E-state index contributed by atoms with van der Waals surface area (Å²) >= 11 is 0. The Morgan fingerprint density at radius 2 is 1.96 bits per heavy atom. The third kappa shape index (κ3) is 4.18. The van der Waals surface area contributed by atoms with E-state index < -0.39 is 6.04 Å². The molecule has 1 amide bonds. The third-order valence-electron chi connectivity index (χ3n) is 4.16. The Balaban J connectivity index is 1.66. The Morgan fingerprint density at radius 1 is 1.32 bits per heavy atom. The smallest absolute Gasteiger partial charge is 0.275 e. The number of hydrogen-bond donors (Lipinski definition) is 2. The van der Waals surface area contributed by atoms with Crippen LogP contribution in [0.5, 0.6) is 5.75 Å². The maximum Gasteiger partial charge on any atom is 0.275 e. The molecule has 0 bridgehead atoms. The van der Waals surface area contributed by atoms with Crippen molar-refractivity contribution in [2.24, 2.45) is 5.73 Å². The number of nitrogens with zero attached hydrogens (tertiary/aromatic N) is 2. The van der Waals surface area contributed by atoms with Gasteiger partial charge in [0.1, 0.15) is 12.0 Å². The van der Waals surface area contributed by atoms with Gasteiger partial charge in [-0.25, -0.2) is 4.98 Å². The minimum absolute atomic E-state index is 0.00387. The second kappa shape index (κ2) is 7.25. The number of aromatic hydroxyl groups is 1. The van der Waals surface area contributed by atoms with Gasteiger partial charge in [-0.05, 0) is 38.0 Å². The summed E-state index contributed by atoms with van der Waals surface area (Å²) < 4.78 is 11.1. The predicted molar refractivity (Wildman–Crippen MR) is 91.2 cm³/mol. The minimum atomic E-state index is -0.464. The molecule has 2 aromatic rings. The van der Waals surface area contributed by atoms with Crippen molar-refractivity contribution >= 4 is 5.91 Å². The Morgan fingerprint density at radius 3 is 2.60 bits per heavy atom. The average Bonchev–Trinajstić information content (AvgIpc) is 3.05. The van der Waals surface area contributed by atoms with Gasteiger partial charge in [-0.3, -0.25) is 4.79 Å². The molecule has 0 spiro atoms. The molecule has 3 unspecified atom stereocenters. The molecule has 0 saturated carbocycles. The quantitative estimate of drug-likeness (QED) is 0.877. The Labute approximate surface area is 146 Å². The lowest BCUT2D eigenvalue weighted by atomic mass is 10.1.